The second-order valence-electron chi connectivity index (χ2n) is 3.75. The Balaban J connectivity index is 2.45. The second kappa shape index (κ2) is 7.09. The lowest BCUT2D eigenvalue weighted by Gasteiger charge is -2.22. The van der Waals surface area contributed by atoms with Crippen LogP contribution in [0.5, 0.6) is 0 Å². The van der Waals surface area contributed by atoms with Gasteiger partial charge in [0.25, 0.3) is 0 Å². The maximum absolute atomic E-state index is 4.17. The normalized spacial score (nSPS) is 13.1. The van der Waals surface area contributed by atoms with E-state index in [-0.39, 0.29) is 0 Å². The summed E-state index contributed by atoms with van der Waals surface area (Å²) in [6, 6.07) is 0.571. The van der Waals surface area contributed by atoms with Crippen LogP contribution >= 0.6 is 23.1 Å². The zero-order valence-electron chi connectivity index (χ0n) is 10.4. The number of anilines is 1. The molecule has 4 nitrogen and oxygen atoms in total. The smallest absolute Gasteiger partial charge is 0.205 e. The highest BCUT2D eigenvalue weighted by atomic mass is 32.2. The Hall–Kier alpha value is -0.330. The minimum Gasteiger partial charge on any atom is -0.360 e. The third-order valence-electron chi connectivity index (χ3n) is 2.34. The van der Waals surface area contributed by atoms with Crippen molar-refractivity contribution >= 4 is 28.2 Å². The number of hydrogen-bond donors (Lipinski definition) is 1. The summed E-state index contributed by atoms with van der Waals surface area (Å²) >= 11 is 3.51. The van der Waals surface area contributed by atoms with Crippen molar-refractivity contribution in [3.63, 3.8) is 0 Å². The molecule has 6 heteroatoms. The molecule has 1 unspecified atom stereocenters. The summed E-state index contributed by atoms with van der Waals surface area (Å²) in [5.41, 5.74) is 0. The standard InChI is InChI=1S/C10H20N4S2/c1-5-11-10-13-12-9(16-10)6-14(3)8(2)7-15-4/h8H,5-7H2,1-4H3,(H,11,13). The van der Waals surface area contributed by atoms with E-state index in [2.05, 4.69) is 47.6 Å². The van der Waals surface area contributed by atoms with Gasteiger partial charge in [-0.2, -0.15) is 11.8 Å². The third-order valence-corrected chi connectivity index (χ3v) is 4.02. The van der Waals surface area contributed by atoms with Crippen molar-refractivity contribution < 1.29 is 0 Å². The van der Waals surface area contributed by atoms with Gasteiger partial charge in [0, 0.05) is 18.3 Å². The second-order valence-corrected chi connectivity index (χ2v) is 5.72. The summed E-state index contributed by atoms with van der Waals surface area (Å²) in [5, 5.41) is 13.4. The van der Waals surface area contributed by atoms with Gasteiger partial charge in [0.05, 0.1) is 6.54 Å². The SMILES string of the molecule is CCNc1nnc(CN(C)C(C)CSC)s1. The molecule has 0 saturated heterocycles. The molecule has 0 radical (unpaired) electrons. The average Bonchev–Trinajstić information content (AvgIpc) is 2.66. The largest absolute Gasteiger partial charge is 0.360 e. The molecule has 1 heterocycles. The van der Waals surface area contributed by atoms with Gasteiger partial charge in [-0.3, -0.25) is 4.90 Å². The van der Waals surface area contributed by atoms with E-state index in [1.165, 1.54) is 0 Å². The van der Waals surface area contributed by atoms with Gasteiger partial charge in [-0.05, 0) is 27.2 Å². The molecule has 1 N–H and O–H groups in total. The van der Waals surface area contributed by atoms with Gasteiger partial charge in [-0.15, -0.1) is 10.2 Å². The van der Waals surface area contributed by atoms with Crippen molar-refractivity contribution in [3.05, 3.63) is 5.01 Å². The Bertz CT molecular complexity index is 303. The molecule has 0 spiro atoms. The predicted octanol–water partition coefficient (Wildman–Crippen LogP) is 2.15. The minimum absolute atomic E-state index is 0.571. The maximum Gasteiger partial charge on any atom is 0.205 e. The van der Waals surface area contributed by atoms with Gasteiger partial charge in [0.1, 0.15) is 5.01 Å². The summed E-state index contributed by atoms with van der Waals surface area (Å²) in [6.07, 6.45) is 2.14. The van der Waals surface area contributed by atoms with E-state index >= 15 is 0 Å². The van der Waals surface area contributed by atoms with Crippen LogP contribution in [-0.4, -0.2) is 46.7 Å². The zero-order chi connectivity index (χ0) is 12.0. The lowest BCUT2D eigenvalue weighted by molar-refractivity contribution is 0.269. The number of hydrogen-bond acceptors (Lipinski definition) is 6. The Labute approximate surface area is 106 Å². The first-order chi connectivity index (χ1) is 7.67. The molecule has 0 fully saturated rings. The van der Waals surface area contributed by atoms with Crippen LogP contribution in [0, 0.1) is 0 Å². The van der Waals surface area contributed by atoms with E-state index in [4.69, 9.17) is 0 Å². The van der Waals surface area contributed by atoms with Crippen LogP contribution in [-0.2, 0) is 6.54 Å². The molecule has 0 saturated carbocycles. The van der Waals surface area contributed by atoms with Crippen molar-refractivity contribution in [3.8, 4) is 0 Å². The highest BCUT2D eigenvalue weighted by Gasteiger charge is 2.11. The Morgan fingerprint density at radius 1 is 1.50 bits per heavy atom. The molecular formula is C10H20N4S2. The van der Waals surface area contributed by atoms with Gasteiger partial charge >= 0.3 is 0 Å². The van der Waals surface area contributed by atoms with Crippen LogP contribution in [0.2, 0.25) is 0 Å². The van der Waals surface area contributed by atoms with Crippen LogP contribution in [0.25, 0.3) is 0 Å². The fourth-order valence-corrected chi connectivity index (χ4v) is 2.89. The van der Waals surface area contributed by atoms with Crippen LogP contribution in [0.3, 0.4) is 0 Å². The van der Waals surface area contributed by atoms with Crippen molar-refractivity contribution in [2.45, 2.75) is 26.4 Å². The minimum atomic E-state index is 0.571. The van der Waals surface area contributed by atoms with Crippen molar-refractivity contribution in [1.29, 1.82) is 0 Å². The van der Waals surface area contributed by atoms with Crippen molar-refractivity contribution in [2.24, 2.45) is 0 Å². The molecule has 1 aromatic rings. The van der Waals surface area contributed by atoms with Gasteiger partial charge in [-0.25, -0.2) is 0 Å². The van der Waals surface area contributed by atoms with Crippen molar-refractivity contribution in [1.82, 2.24) is 15.1 Å². The number of rotatable bonds is 7. The van der Waals surface area contributed by atoms with E-state index in [9.17, 15) is 0 Å². The summed E-state index contributed by atoms with van der Waals surface area (Å²) in [6.45, 7) is 6.08. The third kappa shape index (κ3) is 4.27. The Morgan fingerprint density at radius 2 is 2.25 bits per heavy atom. The molecule has 0 aliphatic carbocycles. The van der Waals surface area contributed by atoms with E-state index in [1.807, 2.05) is 11.8 Å². The number of nitrogens with zero attached hydrogens (tertiary/aromatic N) is 3. The first-order valence-electron chi connectivity index (χ1n) is 5.42. The first kappa shape index (κ1) is 13.7. The van der Waals surface area contributed by atoms with Crippen LogP contribution < -0.4 is 5.32 Å². The molecule has 0 amide bonds. The lowest BCUT2D eigenvalue weighted by Crippen LogP contribution is -2.30. The molecular weight excluding hydrogens is 240 g/mol. The van der Waals surface area contributed by atoms with E-state index in [1.54, 1.807) is 11.3 Å². The van der Waals surface area contributed by atoms with Crippen LogP contribution in [0.1, 0.15) is 18.9 Å². The molecule has 1 aromatic heterocycles. The molecule has 0 aliphatic heterocycles. The highest BCUT2D eigenvalue weighted by molar-refractivity contribution is 7.98. The lowest BCUT2D eigenvalue weighted by atomic mass is 10.3. The van der Waals surface area contributed by atoms with Gasteiger partial charge in [-0.1, -0.05) is 11.3 Å². The molecule has 1 rings (SSSR count). The number of thioether (sulfide) groups is 1. The molecule has 92 valence electrons. The molecule has 16 heavy (non-hydrogen) atoms. The predicted molar refractivity (Wildman–Crippen MR) is 73.4 cm³/mol. The summed E-state index contributed by atoms with van der Waals surface area (Å²) in [5.74, 6) is 1.15. The number of nitrogens with one attached hydrogen (secondary N) is 1. The average molecular weight is 260 g/mol. The van der Waals surface area contributed by atoms with Gasteiger partial charge in [0.15, 0.2) is 0 Å². The Kier molecular flexibility index (Phi) is 6.08. The number of aromatic nitrogens is 2. The maximum atomic E-state index is 4.17. The van der Waals surface area contributed by atoms with Crippen molar-refractivity contribution in [2.75, 3.05) is 30.9 Å². The highest BCUT2D eigenvalue weighted by Crippen LogP contribution is 2.17. The summed E-state index contributed by atoms with van der Waals surface area (Å²) in [7, 11) is 2.13. The van der Waals surface area contributed by atoms with E-state index < -0.39 is 0 Å². The first-order valence-corrected chi connectivity index (χ1v) is 7.63. The quantitative estimate of drug-likeness (QED) is 0.813. The topological polar surface area (TPSA) is 41.1 Å². The van der Waals surface area contributed by atoms with E-state index in [0.29, 0.717) is 6.04 Å². The summed E-state index contributed by atoms with van der Waals surface area (Å²) < 4.78 is 0. The molecule has 1 atom stereocenters. The zero-order valence-corrected chi connectivity index (χ0v) is 12.0. The van der Waals surface area contributed by atoms with Crippen LogP contribution in [0.4, 0.5) is 5.13 Å². The monoisotopic (exact) mass is 260 g/mol. The van der Waals surface area contributed by atoms with Gasteiger partial charge < -0.3 is 5.32 Å². The molecule has 0 bridgehead atoms. The summed E-state index contributed by atoms with van der Waals surface area (Å²) in [4.78, 5) is 2.31. The van der Waals surface area contributed by atoms with Gasteiger partial charge in [0.2, 0.25) is 5.13 Å². The molecule has 0 aliphatic rings. The van der Waals surface area contributed by atoms with E-state index in [0.717, 1.165) is 29.0 Å². The molecule has 0 aromatic carbocycles. The van der Waals surface area contributed by atoms with Crippen LogP contribution in [0.15, 0.2) is 0 Å². The fraction of sp³-hybridized carbons (Fsp3) is 0.800. The fourth-order valence-electron chi connectivity index (χ4n) is 1.28. The Morgan fingerprint density at radius 3 is 2.88 bits per heavy atom.